The van der Waals surface area contributed by atoms with Gasteiger partial charge in [-0.3, -0.25) is 9.97 Å². The van der Waals surface area contributed by atoms with Crippen molar-refractivity contribution in [2.45, 2.75) is 52.4 Å². The summed E-state index contributed by atoms with van der Waals surface area (Å²) < 4.78 is 0. The van der Waals surface area contributed by atoms with Crippen LogP contribution in [0.1, 0.15) is 50.9 Å². The molecule has 0 aromatic carbocycles. The summed E-state index contributed by atoms with van der Waals surface area (Å²) in [6.45, 7) is 4.74. The highest BCUT2D eigenvalue weighted by Gasteiger charge is 2.20. The van der Waals surface area contributed by atoms with E-state index in [1.807, 2.05) is 12.4 Å². The Morgan fingerprint density at radius 1 is 0.933 bits per heavy atom. The minimum atomic E-state index is 0.471. The third-order valence-electron chi connectivity index (χ3n) is 3.42. The first-order valence-corrected chi connectivity index (χ1v) is 5.96. The summed E-state index contributed by atoms with van der Waals surface area (Å²) >= 11 is 0. The van der Waals surface area contributed by atoms with E-state index in [1.54, 1.807) is 0 Å². The molecule has 2 rings (SSSR count). The van der Waals surface area contributed by atoms with Gasteiger partial charge in [-0.15, -0.1) is 0 Å². The van der Waals surface area contributed by atoms with Gasteiger partial charge >= 0.3 is 0 Å². The Morgan fingerprint density at radius 2 is 1.60 bits per heavy atom. The Bertz CT molecular complexity index is 331. The normalized spacial score (nSPS) is 20.9. The predicted octanol–water partition coefficient (Wildman–Crippen LogP) is 3.16. The van der Waals surface area contributed by atoms with Crippen LogP contribution in [0, 0.1) is 5.41 Å². The lowest BCUT2D eigenvalue weighted by molar-refractivity contribution is 0.298. The fraction of sp³-hybridized carbons (Fsp3) is 0.692. The van der Waals surface area contributed by atoms with Crippen molar-refractivity contribution in [2.24, 2.45) is 5.41 Å². The molecule has 0 amide bonds. The van der Waals surface area contributed by atoms with Gasteiger partial charge in [0, 0.05) is 12.4 Å². The Labute approximate surface area is 92.1 Å². The molecule has 0 saturated carbocycles. The van der Waals surface area contributed by atoms with E-state index in [-0.39, 0.29) is 0 Å². The van der Waals surface area contributed by atoms with Crippen LogP contribution < -0.4 is 0 Å². The van der Waals surface area contributed by atoms with Crippen LogP contribution in [0.5, 0.6) is 0 Å². The number of fused-ring (bicyclic) bond motifs is 1. The number of aryl methyl sites for hydroxylation is 2. The summed E-state index contributed by atoms with van der Waals surface area (Å²) in [6.07, 6.45) is 11.0. The molecular weight excluding hydrogens is 184 g/mol. The van der Waals surface area contributed by atoms with Crippen molar-refractivity contribution < 1.29 is 0 Å². The zero-order valence-electron chi connectivity index (χ0n) is 9.79. The van der Waals surface area contributed by atoms with Crippen LogP contribution in [0.15, 0.2) is 12.4 Å². The monoisotopic (exact) mass is 204 g/mol. The largest absolute Gasteiger partial charge is 0.258 e. The summed E-state index contributed by atoms with van der Waals surface area (Å²) in [6, 6.07) is 0. The minimum absolute atomic E-state index is 0.471. The van der Waals surface area contributed by atoms with Crippen LogP contribution in [-0.4, -0.2) is 9.97 Å². The predicted molar refractivity (Wildman–Crippen MR) is 61.7 cm³/mol. The van der Waals surface area contributed by atoms with Gasteiger partial charge in [0.1, 0.15) is 0 Å². The topological polar surface area (TPSA) is 25.8 Å². The molecule has 15 heavy (non-hydrogen) atoms. The molecule has 1 aliphatic rings. The highest BCUT2D eigenvalue weighted by Crippen LogP contribution is 2.31. The summed E-state index contributed by atoms with van der Waals surface area (Å²) in [5.41, 5.74) is 2.93. The molecule has 2 nitrogen and oxygen atoms in total. The van der Waals surface area contributed by atoms with Gasteiger partial charge in [0.15, 0.2) is 0 Å². The molecule has 2 heteroatoms. The summed E-state index contributed by atoms with van der Waals surface area (Å²) in [7, 11) is 0. The van der Waals surface area contributed by atoms with Crippen LogP contribution in [0.3, 0.4) is 0 Å². The first kappa shape index (κ1) is 10.6. The number of hydrogen-bond acceptors (Lipinski definition) is 2. The first-order valence-electron chi connectivity index (χ1n) is 5.96. The molecular formula is C13H20N2. The molecule has 1 aliphatic carbocycles. The average molecular weight is 204 g/mol. The second kappa shape index (κ2) is 4.30. The lowest BCUT2D eigenvalue weighted by Crippen LogP contribution is -2.12. The van der Waals surface area contributed by atoms with Crippen LogP contribution in [0.2, 0.25) is 0 Å². The molecule has 82 valence electrons. The van der Waals surface area contributed by atoms with Crippen molar-refractivity contribution >= 4 is 0 Å². The maximum absolute atomic E-state index is 4.47. The van der Waals surface area contributed by atoms with E-state index in [1.165, 1.54) is 37.1 Å². The van der Waals surface area contributed by atoms with E-state index >= 15 is 0 Å². The van der Waals surface area contributed by atoms with Gasteiger partial charge in [0.25, 0.3) is 0 Å². The standard InChI is InChI=1S/C13H20N2/c1-13(2)7-4-3-5-11-12(6-8-13)15-10-9-14-11/h9-10H,3-8H2,1-2H3. The number of aromatic nitrogens is 2. The third kappa shape index (κ3) is 2.77. The molecule has 0 saturated heterocycles. The second-order valence-electron chi connectivity index (χ2n) is 5.32. The van der Waals surface area contributed by atoms with Crippen LogP contribution in [-0.2, 0) is 12.8 Å². The lowest BCUT2D eigenvalue weighted by Gasteiger charge is -2.23. The average Bonchev–Trinajstić information content (AvgIpc) is 2.29. The molecule has 0 fully saturated rings. The highest BCUT2D eigenvalue weighted by molar-refractivity contribution is 5.11. The van der Waals surface area contributed by atoms with Gasteiger partial charge in [-0.25, -0.2) is 0 Å². The van der Waals surface area contributed by atoms with Crippen LogP contribution in [0.4, 0.5) is 0 Å². The zero-order valence-corrected chi connectivity index (χ0v) is 9.79. The third-order valence-corrected chi connectivity index (χ3v) is 3.42. The van der Waals surface area contributed by atoms with Gasteiger partial charge in [-0.05, 0) is 37.5 Å². The van der Waals surface area contributed by atoms with Crippen molar-refractivity contribution in [3.63, 3.8) is 0 Å². The van der Waals surface area contributed by atoms with Crippen molar-refractivity contribution in [3.8, 4) is 0 Å². The highest BCUT2D eigenvalue weighted by atomic mass is 14.8. The molecule has 0 spiro atoms. The van der Waals surface area contributed by atoms with E-state index in [9.17, 15) is 0 Å². The Morgan fingerprint density at radius 3 is 2.33 bits per heavy atom. The van der Waals surface area contributed by atoms with Crippen LogP contribution in [0.25, 0.3) is 0 Å². The molecule has 0 radical (unpaired) electrons. The van der Waals surface area contributed by atoms with Crippen molar-refractivity contribution in [3.05, 3.63) is 23.8 Å². The van der Waals surface area contributed by atoms with Crippen molar-refractivity contribution in [1.82, 2.24) is 9.97 Å². The molecule has 1 aromatic heterocycles. The molecule has 1 heterocycles. The van der Waals surface area contributed by atoms with Crippen molar-refractivity contribution in [1.29, 1.82) is 0 Å². The van der Waals surface area contributed by atoms with Crippen LogP contribution >= 0.6 is 0 Å². The maximum Gasteiger partial charge on any atom is 0.0618 e. The molecule has 1 aromatic rings. The first-order chi connectivity index (χ1) is 7.17. The van der Waals surface area contributed by atoms with E-state index in [0.717, 1.165) is 12.8 Å². The summed E-state index contributed by atoms with van der Waals surface area (Å²) in [5, 5.41) is 0. The Kier molecular flexibility index (Phi) is 3.03. The number of nitrogens with zero attached hydrogens (tertiary/aromatic N) is 2. The zero-order chi connectivity index (χ0) is 10.7. The van der Waals surface area contributed by atoms with Gasteiger partial charge in [0.05, 0.1) is 11.4 Å². The minimum Gasteiger partial charge on any atom is -0.258 e. The Balaban J connectivity index is 2.19. The fourth-order valence-electron chi connectivity index (χ4n) is 2.29. The van der Waals surface area contributed by atoms with E-state index in [2.05, 4.69) is 23.8 Å². The van der Waals surface area contributed by atoms with E-state index in [0.29, 0.717) is 5.41 Å². The fourth-order valence-corrected chi connectivity index (χ4v) is 2.29. The maximum atomic E-state index is 4.47. The van der Waals surface area contributed by atoms with Gasteiger partial charge in [-0.1, -0.05) is 20.3 Å². The molecule has 0 unspecified atom stereocenters. The van der Waals surface area contributed by atoms with Gasteiger partial charge in [-0.2, -0.15) is 0 Å². The van der Waals surface area contributed by atoms with E-state index in [4.69, 9.17) is 0 Å². The summed E-state index contributed by atoms with van der Waals surface area (Å²) in [5.74, 6) is 0. The number of rotatable bonds is 0. The number of hydrogen-bond donors (Lipinski definition) is 0. The van der Waals surface area contributed by atoms with Crippen molar-refractivity contribution in [2.75, 3.05) is 0 Å². The summed E-state index contributed by atoms with van der Waals surface area (Å²) in [4.78, 5) is 8.91. The molecule has 0 bridgehead atoms. The van der Waals surface area contributed by atoms with Gasteiger partial charge < -0.3 is 0 Å². The SMILES string of the molecule is CC1(C)CCCCc2nccnc2CC1. The quantitative estimate of drug-likeness (QED) is 0.648. The molecule has 0 N–H and O–H groups in total. The Hall–Kier alpha value is -0.920. The lowest BCUT2D eigenvalue weighted by atomic mass is 9.83. The second-order valence-corrected chi connectivity index (χ2v) is 5.32. The smallest absolute Gasteiger partial charge is 0.0618 e. The van der Waals surface area contributed by atoms with Gasteiger partial charge in [0.2, 0.25) is 0 Å². The molecule has 0 atom stereocenters. The molecule has 0 aliphatic heterocycles. The van der Waals surface area contributed by atoms with E-state index < -0.39 is 0 Å².